The van der Waals surface area contributed by atoms with Gasteiger partial charge in [-0.05, 0) is 55.7 Å². The van der Waals surface area contributed by atoms with Gasteiger partial charge in [-0.1, -0.05) is 49.6 Å². The fourth-order valence-electron chi connectivity index (χ4n) is 6.20. The summed E-state index contributed by atoms with van der Waals surface area (Å²) < 4.78 is 5.84. The number of rotatable bonds is 5. The lowest BCUT2D eigenvalue weighted by Gasteiger charge is -2.43. The third-order valence-corrected chi connectivity index (χ3v) is 7.81. The minimum atomic E-state index is 0.322. The van der Waals surface area contributed by atoms with Crippen LogP contribution < -0.4 is 0 Å². The van der Waals surface area contributed by atoms with Crippen LogP contribution in [0, 0.1) is 11.3 Å². The number of nitrogens with zero attached hydrogens (tertiary/aromatic N) is 3. The maximum absolute atomic E-state index is 5.84. The van der Waals surface area contributed by atoms with Crippen LogP contribution in [0.3, 0.4) is 0 Å². The Morgan fingerprint density at radius 1 is 1.00 bits per heavy atom. The van der Waals surface area contributed by atoms with Gasteiger partial charge in [0, 0.05) is 26.2 Å². The van der Waals surface area contributed by atoms with Crippen LogP contribution in [0.15, 0.2) is 47.2 Å². The molecule has 3 fully saturated rings. The van der Waals surface area contributed by atoms with Gasteiger partial charge in [0.1, 0.15) is 6.26 Å². The first-order chi connectivity index (χ1) is 14.3. The van der Waals surface area contributed by atoms with E-state index < -0.39 is 0 Å². The number of likely N-dealkylation sites (tertiary alicyclic amines) is 2. The Bertz CT molecular complexity index is 746. The van der Waals surface area contributed by atoms with E-state index in [1.807, 2.05) is 6.20 Å². The van der Waals surface area contributed by atoms with Crippen LogP contribution in [0.4, 0.5) is 0 Å². The monoisotopic (exact) mass is 393 g/mol. The number of benzene rings is 1. The molecule has 0 radical (unpaired) electrons. The van der Waals surface area contributed by atoms with E-state index in [2.05, 4.69) is 45.1 Å². The first-order valence-corrected chi connectivity index (χ1v) is 11.7. The summed E-state index contributed by atoms with van der Waals surface area (Å²) in [5, 5.41) is 0. The molecule has 1 aromatic carbocycles. The van der Waals surface area contributed by atoms with Gasteiger partial charge in [0.15, 0.2) is 5.89 Å². The lowest BCUT2D eigenvalue weighted by Crippen LogP contribution is -2.45. The van der Waals surface area contributed by atoms with Gasteiger partial charge in [-0.2, -0.15) is 0 Å². The van der Waals surface area contributed by atoms with E-state index in [1.165, 1.54) is 76.7 Å². The molecule has 2 saturated heterocycles. The molecule has 0 N–H and O–H groups in total. The van der Waals surface area contributed by atoms with Crippen LogP contribution >= 0.6 is 0 Å². The average Bonchev–Trinajstić information content (AvgIpc) is 3.40. The standard InChI is InChI=1S/C25H35N3O/c1-3-7-21(8-4-1)17-27-14-11-25(12-15-27)20-28(18-22-9-5-2-6-10-22)19-23(25)24-26-13-16-29-24/h2,5-6,9-10,13,16,21,23H,1,3-4,7-8,11-12,14-15,17-20H2/t23-/m1/s1. The second kappa shape index (κ2) is 8.61. The number of aromatic nitrogens is 1. The maximum Gasteiger partial charge on any atom is 0.198 e. The van der Waals surface area contributed by atoms with Crippen LogP contribution in [0.5, 0.6) is 0 Å². The number of piperidine rings is 1. The quantitative estimate of drug-likeness (QED) is 0.720. The van der Waals surface area contributed by atoms with Crippen molar-refractivity contribution in [2.24, 2.45) is 11.3 Å². The Morgan fingerprint density at radius 3 is 2.52 bits per heavy atom. The van der Waals surface area contributed by atoms with Crippen molar-refractivity contribution in [3.05, 3.63) is 54.2 Å². The average molecular weight is 394 g/mol. The van der Waals surface area contributed by atoms with Gasteiger partial charge in [-0.15, -0.1) is 0 Å². The maximum atomic E-state index is 5.84. The van der Waals surface area contributed by atoms with E-state index in [1.54, 1.807) is 6.26 Å². The summed E-state index contributed by atoms with van der Waals surface area (Å²) in [6.45, 7) is 7.09. The minimum absolute atomic E-state index is 0.322. The van der Waals surface area contributed by atoms with Gasteiger partial charge >= 0.3 is 0 Å². The molecule has 1 aliphatic carbocycles. The number of oxazole rings is 1. The summed E-state index contributed by atoms with van der Waals surface area (Å²) in [4.78, 5) is 9.99. The molecule has 0 unspecified atom stereocenters. The van der Waals surface area contributed by atoms with Gasteiger partial charge in [-0.25, -0.2) is 4.98 Å². The summed E-state index contributed by atoms with van der Waals surface area (Å²) in [5.74, 6) is 2.33. The molecule has 29 heavy (non-hydrogen) atoms. The van der Waals surface area contributed by atoms with E-state index in [0.29, 0.717) is 11.3 Å². The SMILES string of the molecule is c1ccc(CN2C[C@H](c3ncco3)C3(CCN(CC4CCCCC4)CC3)C2)cc1. The second-order valence-electron chi connectivity index (χ2n) is 9.75. The Morgan fingerprint density at radius 2 is 1.79 bits per heavy atom. The molecule has 1 atom stereocenters. The third kappa shape index (κ3) is 4.29. The molecule has 5 rings (SSSR count). The molecular weight excluding hydrogens is 358 g/mol. The topological polar surface area (TPSA) is 32.5 Å². The summed E-state index contributed by atoms with van der Waals surface area (Å²) in [6, 6.07) is 10.9. The second-order valence-corrected chi connectivity index (χ2v) is 9.75. The number of hydrogen-bond acceptors (Lipinski definition) is 4. The summed E-state index contributed by atoms with van der Waals surface area (Å²) in [5.41, 5.74) is 1.73. The summed E-state index contributed by atoms with van der Waals surface area (Å²) in [7, 11) is 0. The van der Waals surface area contributed by atoms with Crippen molar-refractivity contribution in [2.45, 2.75) is 57.4 Å². The van der Waals surface area contributed by atoms with Crippen molar-refractivity contribution >= 4 is 0 Å². The van der Waals surface area contributed by atoms with Crippen molar-refractivity contribution in [1.29, 1.82) is 0 Å². The highest BCUT2D eigenvalue weighted by Crippen LogP contribution is 2.49. The zero-order valence-electron chi connectivity index (χ0n) is 17.6. The Hall–Kier alpha value is -1.65. The first-order valence-electron chi connectivity index (χ1n) is 11.7. The zero-order chi connectivity index (χ0) is 19.5. The van der Waals surface area contributed by atoms with Crippen LogP contribution in [0.2, 0.25) is 0 Å². The van der Waals surface area contributed by atoms with Crippen LogP contribution in [-0.4, -0.2) is 47.5 Å². The number of hydrogen-bond donors (Lipinski definition) is 0. The molecule has 1 aromatic heterocycles. The molecule has 4 nitrogen and oxygen atoms in total. The Balaban J connectivity index is 1.26. The van der Waals surface area contributed by atoms with E-state index in [9.17, 15) is 0 Å². The highest BCUT2D eigenvalue weighted by molar-refractivity contribution is 5.17. The molecule has 4 heteroatoms. The van der Waals surface area contributed by atoms with Gasteiger partial charge in [0.2, 0.25) is 0 Å². The normalized spacial score (nSPS) is 26.3. The van der Waals surface area contributed by atoms with Crippen LogP contribution in [0.25, 0.3) is 0 Å². The van der Waals surface area contributed by atoms with Crippen molar-refractivity contribution in [2.75, 3.05) is 32.7 Å². The van der Waals surface area contributed by atoms with E-state index in [0.717, 1.165) is 24.9 Å². The predicted octanol–water partition coefficient (Wildman–Crippen LogP) is 4.94. The van der Waals surface area contributed by atoms with Crippen molar-refractivity contribution in [3.8, 4) is 0 Å². The highest BCUT2D eigenvalue weighted by Gasteiger charge is 2.50. The largest absolute Gasteiger partial charge is 0.449 e. The fraction of sp³-hybridized carbons (Fsp3) is 0.640. The van der Waals surface area contributed by atoms with E-state index >= 15 is 0 Å². The van der Waals surface area contributed by atoms with Crippen LogP contribution in [0.1, 0.15) is 62.3 Å². The van der Waals surface area contributed by atoms with Crippen LogP contribution in [-0.2, 0) is 6.54 Å². The third-order valence-electron chi connectivity index (χ3n) is 7.81. The molecule has 2 aliphatic heterocycles. The van der Waals surface area contributed by atoms with E-state index in [-0.39, 0.29) is 0 Å². The molecule has 3 heterocycles. The molecule has 0 bridgehead atoms. The summed E-state index contributed by atoms with van der Waals surface area (Å²) in [6.07, 6.45) is 13.4. The fourth-order valence-corrected chi connectivity index (χ4v) is 6.20. The Labute approximate surface area is 175 Å². The molecule has 2 aromatic rings. The highest BCUT2D eigenvalue weighted by atomic mass is 16.3. The molecular formula is C25H35N3O. The lowest BCUT2D eigenvalue weighted by molar-refractivity contribution is 0.0747. The van der Waals surface area contributed by atoms with Gasteiger partial charge in [-0.3, -0.25) is 4.90 Å². The molecule has 3 aliphatic rings. The molecule has 1 saturated carbocycles. The summed E-state index contributed by atoms with van der Waals surface area (Å²) >= 11 is 0. The molecule has 0 amide bonds. The zero-order valence-corrected chi connectivity index (χ0v) is 17.6. The Kier molecular flexibility index (Phi) is 5.74. The first kappa shape index (κ1) is 19.3. The van der Waals surface area contributed by atoms with Crippen molar-refractivity contribution < 1.29 is 4.42 Å². The van der Waals surface area contributed by atoms with E-state index in [4.69, 9.17) is 4.42 Å². The molecule has 156 valence electrons. The van der Waals surface area contributed by atoms with Crippen molar-refractivity contribution in [1.82, 2.24) is 14.8 Å². The van der Waals surface area contributed by atoms with Gasteiger partial charge in [0.05, 0.1) is 12.1 Å². The minimum Gasteiger partial charge on any atom is -0.449 e. The van der Waals surface area contributed by atoms with Gasteiger partial charge < -0.3 is 9.32 Å². The predicted molar refractivity (Wildman–Crippen MR) is 116 cm³/mol. The smallest absolute Gasteiger partial charge is 0.198 e. The van der Waals surface area contributed by atoms with Crippen molar-refractivity contribution in [3.63, 3.8) is 0 Å². The molecule has 1 spiro atoms. The van der Waals surface area contributed by atoms with Gasteiger partial charge in [0.25, 0.3) is 0 Å². The lowest BCUT2D eigenvalue weighted by atomic mass is 9.70.